The van der Waals surface area contributed by atoms with Gasteiger partial charge in [0, 0.05) is 16.5 Å². The van der Waals surface area contributed by atoms with E-state index in [1.54, 1.807) is 0 Å². The maximum absolute atomic E-state index is 5.85. The number of hydrogen-bond acceptors (Lipinski definition) is 1. The molecule has 1 heterocycles. The molecule has 0 bridgehead atoms. The summed E-state index contributed by atoms with van der Waals surface area (Å²) in [5.41, 5.74) is 6.46. The van der Waals surface area contributed by atoms with Crippen LogP contribution in [0.5, 0.6) is 5.75 Å². The lowest BCUT2D eigenvalue weighted by Gasteiger charge is -2.18. The highest BCUT2D eigenvalue weighted by Gasteiger charge is 2.23. The highest BCUT2D eigenvalue weighted by atomic mass is 79.9. The lowest BCUT2D eigenvalue weighted by atomic mass is 9.95. The van der Waals surface area contributed by atoms with Crippen LogP contribution in [-0.2, 0) is 6.42 Å². The van der Waals surface area contributed by atoms with E-state index >= 15 is 0 Å². The quantitative estimate of drug-likeness (QED) is 0.611. The molecular weight excluding hydrogens is 380 g/mol. The predicted molar refractivity (Wildman–Crippen MR) is 90.0 cm³/mol. The molecule has 0 saturated carbocycles. The van der Waals surface area contributed by atoms with Crippen LogP contribution in [0.4, 0.5) is 0 Å². The fourth-order valence-electron chi connectivity index (χ4n) is 2.70. The van der Waals surface area contributed by atoms with Crippen molar-refractivity contribution >= 4 is 31.9 Å². The van der Waals surface area contributed by atoms with Crippen molar-refractivity contribution in [2.75, 3.05) is 6.61 Å². The molecule has 0 saturated heterocycles. The fourth-order valence-corrected chi connectivity index (χ4v) is 4.06. The second kappa shape index (κ2) is 5.53. The first-order chi connectivity index (χ1) is 9.58. The van der Waals surface area contributed by atoms with Crippen molar-refractivity contribution in [1.82, 2.24) is 0 Å². The van der Waals surface area contributed by atoms with Crippen molar-refractivity contribution in [2.45, 2.75) is 25.1 Å². The maximum Gasteiger partial charge on any atom is 0.127 e. The minimum Gasteiger partial charge on any atom is -0.493 e. The molecule has 0 aliphatic carbocycles. The Kier molecular flexibility index (Phi) is 3.91. The third-order valence-electron chi connectivity index (χ3n) is 3.97. The summed E-state index contributed by atoms with van der Waals surface area (Å²) in [5.74, 6) is 1.05. The minimum absolute atomic E-state index is 0.159. The van der Waals surface area contributed by atoms with Gasteiger partial charge in [0.2, 0.25) is 0 Å². The van der Waals surface area contributed by atoms with Gasteiger partial charge in [-0.05, 0) is 48.2 Å². The largest absolute Gasteiger partial charge is 0.493 e. The number of alkyl halides is 1. The zero-order chi connectivity index (χ0) is 14.3. The highest BCUT2D eigenvalue weighted by Crippen LogP contribution is 2.43. The number of fused-ring (bicyclic) bond motifs is 1. The first-order valence-electron chi connectivity index (χ1n) is 6.73. The van der Waals surface area contributed by atoms with Crippen molar-refractivity contribution in [2.24, 2.45) is 0 Å². The molecule has 3 heteroatoms. The van der Waals surface area contributed by atoms with E-state index in [1.165, 1.54) is 27.8 Å². The van der Waals surface area contributed by atoms with Gasteiger partial charge in [-0.15, -0.1) is 0 Å². The highest BCUT2D eigenvalue weighted by molar-refractivity contribution is 9.10. The predicted octanol–water partition coefficient (Wildman–Crippen LogP) is 5.49. The molecule has 1 unspecified atom stereocenters. The summed E-state index contributed by atoms with van der Waals surface area (Å²) in [6, 6.07) is 10.8. The van der Waals surface area contributed by atoms with Gasteiger partial charge >= 0.3 is 0 Å². The van der Waals surface area contributed by atoms with Gasteiger partial charge in [0.15, 0.2) is 0 Å². The molecule has 0 radical (unpaired) electrons. The minimum atomic E-state index is 0.159. The molecule has 0 fully saturated rings. The van der Waals surface area contributed by atoms with Gasteiger partial charge in [-0.25, -0.2) is 0 Å². The molecule has 20 heavy (non-hydrogen) atoms. The maximum atomic E-state index is 5.85. The van der Waals surface area contributed by atoms with Crippen molar-refractivity contribution in [1.29, 1.82) is 0 Å². The molecule has 3 rings (SSSR count). The number of rotatable bonds is 2. The van der Waals surface area contributed by atoms with Crippen LogP contribution in [0, 0.1) is 13.8 Å². The first-order valence-corrected chi connectivity index (χ1v) is 8.44. The summed E-state index contributed by atoms with van der Waals surface area (Å²) in [6.07, 6.45) is 0.994. The third-order valence-corrected chi connectivity index (χ3v) is 5.41. The van der Waals surface area contributed by atoms with Crippen LogP contribution >= 0.6 is 31.9 Å². The Morgan fingerprint density at radius 1 is 1.15 bits per heavy atom. The SMILES string of the molecule is Cc1cccc(C(Br)c2cc(Br)cc3c2OCC3)c1C. The standard InChI is InChI=1S/C17H16Br2O/c1-10-4-3-5-14(11(10)2)16(19)15-9-13(18)8-12-6-7-20-17(12)15/h3-5,8-9,16H,6-7H2,1-2H3. The Morgan fingerprint density at radius 3 is 2.75 bits per heavy atom. The van der Waals surface area contributed by atoms with Crippen LogP contribution in [0.2, 0.25) is 0 Å². The zero-order valence-corrected chi connectivity index (χ0v) is 14.7. The van der Waals surface area contributed by atoms with Crippen LogP contribution < -0.4 is 4.74 Å². The molecule has 0 aromatic heterocycles. The monoisotopic (exact) mass is 394 g/mol. The van der Waals surface area contributed by atoms with E-state index < -0.39 is 0 Å². The summed E-state index contributed by atoms with van der Waals surface area (Å²) in [7, 11) is 0. The lowest BCUT2D eigenvalue weighted by molar-refractivity contribution is 0.354. The van der Waals surface area contributed by atoms with Gasteiger partial charge in [0.1, 0.15) is 5.75 Å². The van der Waals surface area contributed by atoms with E-state index in [0.717, 1.165) is 23.2 Å². The van der Waals surface area contributed by atoms with E-state index in [1.807, 2.05) is 0 Å². The average molecular weight is 396 g/mol. The van der Waals surface area contributed by atoms with Gasteiger partial charge in [-0.1, -0.05) is 50.1 Å². The molecule has 0 amide bonds. The zero-order valence-electron chi connectivity index (χ0n) is 11.5. The van der Waals surface area contributed by atoms with Crippen molar-refractivity contribution in [3.8, 4) is 5.75 Å². The Morgan fingerprint density at radius 2 is 1.95 bits per heavy atom. The molecule has 2 aromatic rings. The van der Waals surface area contributed by atoms with Crippen LogP contribution in [0.25, 0.3) is 0 Å². The number of ether oxygens (including phenoxy) is 1. The summed E-state index contributed by atoms with van der Waals surface area (Å²) >= 11 is 7.48. The van der Waals surface area contributed by atoms with Crippen LogP contribution in [0.15, 0.2) is 34.8 Å². The Bertz CT molecular complexity index is 664. The van der Waals surface area contributed by atoms with Crippen molar-refractivity contribution in [3.63, 3.8) is 0 Å². The second-order valence-corrected chi connectivity index (χ2v) is 7.06. The van der Waals surface area contributed by atoms with E-state index in [9.17, 15) is 0 Å². The van der Waals surface area contributed by atoms with Crippen LogP contribution in [0.3, 0.4) is 0 Å². The van der Waals surface area contributed by atoms with Crippen molar-refractivity contribution < 1.29 is 4.74 Å². The van der Waals surface area contributed by atoms with E-state index in [4.69, 9.17) is 4.74 Å². The average Bonchev–Trinajstić information content (AvgIpc) is 2.88. The Labute approximate surface area is 136 Å². The first kappa shape index (κ1) is 14.2. The molecule has 0 N–H and O–H groups in total. The molecule has 104 valence electrons. The van der Waals surface area contributed by atoms with Gasteiger partial charge < -0.3 is 4.74 Å². The summed E-state index contributed by atoms with van der Waals surface area (Å²) < 4.78 is 6.96. The van der Waals surface area contributed by atoms with Crippen LogP contribution in [0.1, 0.15) is 32.6 Å². The fraction of sp³-hybridized carbons (Fsp3) is 0.294. The summed E-state index contributed by atoms with van der Waals surface area (Å²) in [5, 5.41) is 0. The molecule has 1 atom stereocenters. The van der Waals surface area contributed by atoms with E-state index in [0.29, 0.717) is 0 Å². The van der Waals surface area contributed by atoms with Gasteiger partial charge in [-0.2, -0.15) is 0 Å². The third kappa shape index (κ3) is 2.42. The molecule has 0 spiro atoms. The number of halogens is 2. The second-order valence-electron chi connectivity index (χ2n) is 5.23. The molecular formula is C17H16Br2O. The molecule has 2 aromatic carbocycles. The topological polar surface area (TPSA) is 9.23 Å². The van der Waals surface area contributed by atoms with E-state index in [-0.39, 0.29) is 4.83 Å². The van der Waals surface area contributed by atoms with E-state index in [2.05, 4.69) is 76.0 Å². The Balaban J connectivity index is 2.11. The smallest absolute Gasteiger partial charge is 0.127 e. The van der Waals surface area contributed by atoms with Gasteiger partial charge in [0.05, 0.1) is 11.4 Å². The Hall–Kier alpha value is -0.800. The van der Waals surface area contributed by atoms with Crippen LogP contribution in [-0.4, -0.2) is 6.61 Å². The molecule has 1 nitrogen and oxygen atoms in total. The van der Waals surface area contributed by atoms with Crippen molar-refractivity contribution in [3.05, 3.63) is 62.6 Å². The number of hydrogen-bond donors (Lipinski definition) is 0. The number of benzene rings is 2. The number of aryl methyl sites for hydroxylation is 1. The molecule has 1 aliphatic rings. The van der Waals surface area contributed by atoms with Gasteiger partial charge in [0.25, 0.3) is 0 Å². The summed E-state index contributed by atoms with van der Waals surface area (Å²) in [4.78, 5) is 0.159. The summed E-state index contributed by atoms with van der Waals surface area (Å²) in [6.45, 7) is 5.11. The normalized spacial score (nSPS) is 14.8. The lowest BCUT2D eigenvalue weighted by Crippen LogP contribution is -2.00. The molecule has 1 aliphatic heterocycles. The van der Waals surface area contributed by atoms with Gasteiger partial charge in [-0.3, -0.25) is 0 Å².